The SMILES string of the molecule is COc1ccc(C(CNc2cc(C#N)ccc2[N+](=O)[O-])N2CCCC2)cc1. The predicted molar refractivity (Wildman–Crippen MR) is 103 cm³/mol. The number of ether oxygens (including phenoxy) is 1. The summed E-state index contributed by atoms with van der Waals surface area (Å²) in [6.07, 6.45) is 2.30. The van der Waals surface area contributed by atoms with Gasteiger partial charge >= 0.3 is 0 Å². The Bertz CT molecular complexity index is 839. The number of likely N-dealkylation sites (tertiary alicyclic amines) is 1. The minimum atomic E-state index is -0.429. The lowest BCUT2D eigenvalue weighted by molar-refractivity contribution is -0.384. The Hall–Kier alpha value is -3.11. The second-order valence-corrected chi connectivity index (χ2v) is 6.51. The highest BCUT2D eigenvalue weighted by Crippen LogP contribution is 2.30. The van der Waals surface area contributed by atoms with Gasteiger partial charge in [0.25, 0.3) is 5.69 Å². The van der Waals surface area contributed by atoms with Gasteiger partial charge in [-0.25, -0.2) is 0 Å². The first-order valence-corrected chi connectivity index (χ1v) is 8.93. The number of nitriles is 1. The molecule has 0 radical (unpaired) electrons. The van der Waals surface area contributed by atoms with E-state index >= 15 is 0 Å². The lowest BCUT2D eigenvalue weighted by Gasteiger charge is -2.28. The maximum absolute atomic E-state index is 11.3. The molecule has 1 heterocycles. The molecule has 140 valence electrons. The standard InChI is InChI=1S/C20H22N4O3/c1-27-17-7-5-16(6-8-17)20(23-10-2-3-11-23)14-22-18-12-15(13-21)4-9-19(18)24(25)26/h4-9,12,20,22H,2-3,10-11,14H2,1H3. The summed E-state index contributed by atoms with van der Waals surface area (Å²) in [6.45, 7) is 2.51. The van der Waals surface area contributed by atoms with Crippen LogP contribution in [0.25, 0.3) is 0 Å². The van der Waals surface area contributed by atoms with Gasteiger partial charge in [0.1, 0.15) is 11.4 Å². The molecule has 1 aliphatic heterocycles. The Balaban J connectivity index is 1.84. The quantitative estimate of drug-likeness (QED) is 0.593. The molecule has 7 heteroatoms. The lowest BCUT2D eigenvalue weighted by Crippen LogP contribution is -2.31. The second kappa shape index (κ2) is 8.52. The first-order chi connectivity index (χ1) is 13.1. The van der Waals surface area contributed by atoms with Gasteiger partial charge in [-0.2, -0.15) is 5.26 Å². The van der Waals surface area contributed by atoms with Gasteiger partial charge in [0.15, 0.2) is 0 Å². The summed E-state index contributed by atoms with van der Waals surface area (Å²) < 4.78 is 5.24. The number of anilines is 1. The topological polar surface area (TPSA) is 91.4 Å². The largest absolute Gasteiger partial charge is 0.497 e. The molecule has 2 aromatic carbocycles. The molecular weight excluding hydrogens is 344 g/mol. The van der Waals surface area contributed by atoms with Gasteiger partial charge in [0.05, 0.1) is 29.7 Å². The Kier molecular flexibility index (Phi) is 5.89. The molecule has 0 bridgehead atoms. The van der Waals surface area contributed by atoms with E-state index in [-0.39, 0.29) is 11.7 Å². The van der Waals surface area contributed by atoms with E-state index in [4.69, 9.17) is 10.00 Å². The number of benzene rings is 2. The highest BCUT2D eigenvalue weighted by atomic mass is 16.6. The summed E-state index contributed by atoms with van der Waals surface area (Å²) in [7, 11) is 1.63. The number of methoxy groups -OCH3 is 1. The van der Waals surface area contributed by atoms with Crippen molar-refractivity contribution in [3.63, 3.8) is 0 Å². The van der Waals surface area contributed by atoms with Crippen LogP contribution in [0.3, 0.4) is 0 Å². The van der Waals surface area contributed by atoms with Gasteiger partial charge < -0.3 is 10.1 Å². The average molecular weight is 366 g/mol. The van der Waals surface area contributed by atoms with Crippen LogP contribution in [-0.2, 0) is 0 Å². The summed E-state index contributed by atoms with van der Waals surface area (Å²) in [5.41, 5.74) is 1.87. The molecule has 2 aromatic rings. The van der Waals surface area contributed by atoms with E-state index in [1.54, 1.807) is 7.11 Å². The number of nitro groups is 1. The summed E-state index contributed by atoms with van der Waals surface area (Å²) >= 11 is 0. The molecule has 3 rings (SSSR count). The highest BCUT2D eigenvalue weighted by molar-refractivity contribution is 5.64. The van der Waals surface area contributed by atoms with Crippen molar-refractivity contribution >= 4 is 11.4 Å². The summed E-state index contributed by atoms with van der Waals surface area (Å²) in [5.74, 6) is 0.796. The molecular formula is C20H22N4O3. The third kappa shape index (κ3) is 4.36. The lowest BCUT2D eigenvalue weighted by atomic mass is 10.0. The van der Waals surface area contributed by atoms with Crippen LogP contribution in [0.1, 0.15) is 30.0 Å². The maximum atomic E-state index is 11.3. The van der Waals surface area contributed by atoms with Crippen LogP contribution < -0.4 is 10.1 Å². The number of nitro benzene ring substituents is 1. The van der Waals surface area contributed by atoms with Gasteiger partial charge in [0, 0.05) is 12.6 Å². The van der Waals surface area contributed by atoms with Crippen LogP contribution >= 0.6 is 0 Å². The van der Waals surface area contributed by atoms with Crippen molar-refractivity contribution in [1.82, 2.24) is 4.90 Å². The molecule has 27 heavy (non-hydrogen) atoms. The zero-order chi connectivity index (χ0) is 19.2. The number of nitrogens with one attached hydrogen (secondary N) is 1. The van der Waals surface area contributed by atoms with Crippen LogP contribution in [-0.4, -0.2) is 36.6 Å². The van der Waals surface area contributed by atoms with Gasteiger partial charge in [-0.05, 0) is 55.8 Å². The van der Waals surface area contributed by atoms with Crippen LogP contribution in [0.5, 0.6) is 5.75 Å². The zero-order valence-electron chi connectivity index (χ0n) is 15.2. The molecule has 1 fully saturated rings. The molecule has 0 aliphatic carbocycles. The second-order valence-electron chi connectivity index (χ2n) is 6.51. The number of hydrogen-bond acceptors (Lipinski definition) is 6. The monoisotopic (exact) mass is 366 g/mol. The molecule has 1 atom stereocenters. The Labute approximate surface area is 158 Å². The van der Waals surface area contributed by atoms with E-state index in [2.05, 4.69) is 10.2 Å². The normalized spacial score (nSPS) is 15.1. The zero-order valence-corrected chi connectivity index (χ0v) is 15.2. The van der Waals surface area contributed by atoms with Crippen LogP contribution in [0.15, 0.2) is 42.5 Å². The molecule has 0 amide bonds. The Morgan fingerprint density at radius 3 is 2.56 bits per heavy atom. The van der Waals surface area contributed by atoms with E-state index in [0.717, 1.165) is 37.2 Å². The highest BCUT2D eigenvalue weighted by Gasteiger charge is 2.24. The molecule has 1 N–H and O–H groups in total. The van der Waals surface area contributed by atoms with Crippen LogP contribution in [0.2, 0.25) is 0 Å². The fourth-order valence-electron chi connectivity index (χ4n) is 3.45. The fourth-order valence-corrected chi connectivity index (χ4v) is 3.45. The summed E-state index contributed by atoms with van der Waals surface area (Å²) in [6, 6.07) is 14.4. The van der Waals surface area contributed by atoms with E-state index in [1.165, 1.54) is 18.2 Å². The smallest absolute Gasteiger partial charge is 0.292 e. The average Bonchev–Trinajstić information content (AvgIpc) is 3.22. The van der Waals surface area contributed by atoms with Gasteiger partial charge in [-0.3, -0.25) is 15.0 Å². The third-order valence-corrected chi connectivity index (χ3v) is 4.89. The van der Waals surface area contributed by atoms with Crippen molar-refractivity contribution < 1.29 is 9.66 Å². The molecule has 0 saturated carbocycles. The van der Waals surface area contributed by atoms with E-state index in [0.29, 0.717) is 17.8 Å². The van der Waals surface area contributed by atoms with Crippen molar-refractivity contribution in [3.8, 4) is 11.8 Å². The van der Waals surface area contributed by atoms with Crippen LogP contribution in [0, 0.1) is 21.4 Å². The van der Waals surface area contributed by atoms with Gasteiger partial charge in [-0.1, -0.05) is 12.1 Å². The van der Waals surface area contributed by atoms with Crippen molar-refractivity contribution in [1.29, 1.82) is 5.26 Å². The minimum absolute atomic E-state index is 0.0242. The predicted octanol–water partition coefficient (Wildman–Crippen LogP) is 3.72. The molecule has 1 saturated heterocycles. The first-order valence-electron chi connectivity index (χ1n) is 8.93. The first kappa shape index (κ1) is 18.7. The molecule has 1 unspecified atom stereocenters. The third-order valence-electron chi connectivity index (χ3n) is 4.89. The summed E-state index contributed by atoms with van der Waals surface area (Å²) in [5, 5.41) is 23.6. The van der Waals surface area contributed by atoms with Crippen molar-refractivity contribution in [2.75, 3.05) is 32.1 Å². The van der Waals surface area contributed by atoms with E-state index < -0.39 is 4.92 Å². The molecule has 0 spiro atoms. The van der Waals surface area contributed by atoms with Crippen molar-refractivity contribution in [2.24, 2.45) is 0 Å². The Morgan fingerprint density at radius 1 is 1.26 bits per heavy atom. The number of nitrogens with zero attached hydrogens (tertiary/aromatic N) is 3. The van der Waals surface area contributed by atoms with Crippen LogP contribution in [0.4, 0.5) is 11.4 Å². The van der Waals surface area contributed by atoms with E-state index in [9.17, 15) is 10.1 Å². The Morgan fingerprint density at radius 2 is 1.96 bits per heavy atom. The molecule has 7 nitrogen and oxygen atoms in total. The fraction of sp³-hybridized carbons (Fsp3) is 0.350. The van der Waals surface area contributed by atoms with Gasteiger partial charge in [-0.15, -0.1) is 0 Å². The number of hydrogen-bond donors (Lipinski definition) is 1. The van der Waals surface area contributed by atoms with Crippen molar-refractivity contribution in [2.45, 2.75) is 18.9 Å². The van der Waals surface area contributed by atoms with Crippen molar-refractivity contribution in [3.05, 3.63) is 63.7 Å². The molecule has 0 aromatic heterocycles. The minimum Gasteiger partial charge on any atom is -0.497 e. The molecule has 1 aliphatic rings. The maximum Gasteiger partial charge on any atom is 0.292 e. The van der Waals surface area contributed by atoms with E-state index in [1.807, 2.05) is 30.3 Å². The number of rotatable bonds is 7. The summed E-state index contributed by atoms with van der Waals surface area (Å²) in [4.78, 5) is 13.3. The van der Waals surface area contributed by atoms with Gasteiger partial charge in [0.2, 0.25) is 0 Å².